The minimum Gasteiger partial charge on any atom is -0.454 e. The topological polar surface area (TPSA) is 52.6 Å². The predicted molar refractivity (Wildman–Crippen MR) is 76.4 cm³/mol. The van der Waals surface area contributed by atoms with E-state index in [0.717, 1.165) is 11.1 Å². The van der Waals surface area contributed by atoms with E-state index in [1.807, 2.05) is 30.3 Å². The van der Waals surface area contributed by atoms with Crippen molar-refractivity contribution in [3.05, 3.63) is 48.5 Å². The quantitative estimate of drug-likeness (QED) is 0.629. The summed E-state index contributed by atoms with van der Waals surface area (Å²) in [6.45, 7) is 1.29. The van der Waals surface area contributed by atoms with E-state index in [0.29, 0.717) is 11.1 Å². The van der Waals surface area contributed by atoms with Crippen molar-refractivity contribution in [3.8, 4) is 16.9 Å². The van der Waals surface area contributed by atoms with E-state index < -0.39 is 13.3 Å². The van der Waals surface area contributed by atoms with Gasteiger partial charge in [-0.25, -0.2) is 0 Å². The zero-order valence-electron chi connectivity index (χ0n) is 10.9. The van der Waals surface area contributed by atoms with Gasteiger partial charge >= 0.3 is 13.3 Å². The molecule has 3 rings (SSSR count). The highest BCUT2D eigenvalue weighted by Crippen LogP contribution is 2.54. The molecule has 0 saturated heterocycles. The van der Waals surface area contributed by atoms with Gasteiger partial charge in [0.1, 0.15) is 5.75 Å². The fraction of sp³-hybridized carbons (Fsp3) is 0.133. The third kappa shape index (κ3) is 2.12. The van der Waals surface area contributed by atoms with Crippen molar-refractivity contribution >= 4 is 18.6 Å². The second-order valence-corrected chi connectivity index (χ2v) is 6.81. The summed E-state index contributed by atoms with van der Waals surface area (Å²) in [4.78, 5) is 11.0. The molecule has 0 amide bonds. The molecule has 0 spiro atoms. The van der Waals surface area contributed by atoms with Gasteiger partial charge in [-0.3, -0.25) is 9.36 Å². The first-order valence-corrected chi connectivity index (χ1v) is 8.02. The van der Waals surface area contributed by atoms with Crippen LogP contribution in [-0.4, -0.2) is 12.3 Å². The van der Waals surface area contributed by atoms with Crippen molar-refractivity contribution in [1.29, 1.82) is 0 Å². The van der Waals surface area contributed by atoms with Crippen LogP contribution in [0, 0.1) is 0 Å². The molecule has 0 aromatic heterocycles. The molecule has 4 nitrogen and oxygen atoms in total. The lowest BCUT2D eigenvalue weighted by atomic mass is 10.0. The van der Waals surface area contributed by atoms with Crippen molar-refractivity contribution in [2.45, 2.75) is 6.92 Å². The smallest absolute Gasteiger partial charge is 0.314 e. The summed E-state index contributed by atoms with van der Waals surface area (Å²) in [5, 5.41) is 0.597. The maximum Gasteiger partial charge on any atom is 0.314 e. The number of para-hydroxylation sites is 1. The molecule has 2 aromatic rings. The minimum atomic E-state index is -3.23. The molecule has 0 fully saturated rings. The number of ether oxygens (including phenoxy) is 1. The summed E-state index contributed by atoms with van der Waals surface area (Å²) in [6, 6.07) is 14.8. The Morgan fingerprint density at radius 1 is 1.10 bits per heavy atom. The number of carbonyl (C=O) groups excluding carboxylic acids is 1. The Kier molecular flexibility index (Phi) is 3.11. The van der Waals surface area contributed by atoms with Gasteiger partial charge in [0.15, 0.2) is 6.35 Å². The maximum absolute atomic E-state index is 13.0. The van der Waals surface area contributed by atoms with Gasteiger partial charge in [0, 0.05) is 12.5 Å². The first kappa shape index (κ1) is 12.9. The van der Waals surface area contributed by atoms with Crippen LogP contribution in [0.25, 0.3) is 11.1 Å². The molecule has 20 heavy (non-hydrogen) atoms. The van der Waals surface area contributed by atoms with E-state index in [-0.39, 0.29) is 6.35 Å². The molecule has 1 heterocycles. The molecule has 1 atom stereocenters. The monoisotopic (exact) mass is 288 g/mol. The molecule has 102 valence electrons. The number of benzene rings is 2. The highest BCUT2D eigenvalue weighted by molar-refractivity contribution is 7.67. The fourth-order valence-corrected chi connectivity index (χ4v) is 4.24. The average molecular weight is 288 g/mol. The summed E-state index contributed by atoms with van der Waals surface area (Å²) in [5.41, 5.74) is 1.77. The summed E-state index contributed by atoms with van der Waals surface area (Å²) < 4.78 is 23.6. The third-order valence-corrected chi connectivity index (χ3v) is 5.22. The van der Waals surface area contributed by atoms with E-state index in [4.69, 9.17) is 9.26 Å². The summed E-state index contributed by atoms with van der Waals surface area (Å²) in [7, 11) is -3.23. The van der Waals surface area contributed by atoms with Crippen LogP contribution in [0.2, 0.25) is 0 Å². The van der Waals surface area contributed by atoms with Crippen LogP contribution in [-0.2, 0) is 14.1 Å². The number of hydrogen-bond donors (Lipinski definition) is 0. The largest absolute Gasteiger partial charge is 0.454 e. The molecule has 2 aromatic carbocycles. The van der Waals surface area contributed by atoms with Crippen molar-refractivity contribution in [2.24, 2.45) is 0 Å². The second kappa shape index (κ2) is 4.80. The van der Waals surface area contributed by atoms with E-state index in [2.05, 4.69) is 0 Å². The lowest BCUT2D eigenvalue weighted by Gasteiger charge is -2.28. The molecule has 0 saturated carbocycles. The molecular weight excluding hydrogens is 275 g/mol. The number of rotatable bonds is 2. The first-order chi connectivity index (χ1) is 9.60. The van der Waals surface area contributed by atoms with E-state index in [1.165, 1.54) is 6.92 Å². The van der Waals surface area contributed by atoms with E-state index in [1.54, 1.807) is 18.2 Å². The van der Waals surface area contributed by atoms with Gasteiger partial charge in [-0.2, -0.15) is 0 Å². The summed E-state index contributed by atoms with van der Waals surface area (Å²) in [6.07, 6.45) is -0.242. The Morgan fingerprint density at radius 2 is 1.75 bits per heavy atom. The summed E-state index contributed by atoms with van der Waals surface area (Å²) in [5.74, 6) is 0.0850. The molecular formula is C15H13O4P. The van der Waals surface area contributed by atoms with Crippen LogP contribution in [0.5, 0.6) is 5.75 Å². The van der Waals surface area contributed by atoms with Crippen molar-refractivity contribution in [2.75, 3.05) is 6.35 Å². The Labute approximate surface area is 116 Å². The van der Waals surface area contributed by atoms with Gasteiger partial charge in [-0.05, 0) is 17.7 Å². The van der Waals surface area contributed by atoms with Gasteiger partial charge in [-0.15, -0.1) is 0 Å². The van der Waals surface area contributed by atoms with Gasteiger partial charge in [-0.1, -0.05) is 36.4 Å². The molecule has 0 aliphatic carbocycles. The minimum absolute atomic E-state index is 0.242. The van der Waals surface area contributed by atoms with Gasteiger partial charge in [0.2, 0.25) is 0 Å². The number of esters is 1. The van der Waals surface area contributed by atoms with Crippen LogP contribution in [0.15, 0.2) is 48.5 Å². The highest BCUT2D eigenvalue weighted by Gasteiger charge is 2.36. The van der Waals surface area contributed by atoms with Crippen LogP contribution in [0.4, 0.5) is 0 Å². The SMILES string of the molecule is CC(=O)OCP1(=O)Oc2ccccc2-c2ccccc21. The fourth-order valence-electron chi connectivity index (χ4n) is 2.25. The predicted octanol–water partition coefficient (Wildman–Crippen LogP) is 3.17. The Balaban J connectivity index is 2.13. The van der Waals surface area contributed by atoms with Crippen molar-refractivity contribution in [3.63, 3.8) is 0 Å². The van der Waals surface area contributed by atoms with Crippen LogP contribution in [0.3, 0.4) is 0 Å². The third-order valence-electron chi connectivity index (χ3n) is 3.13. The number of fused-ring (bicyclic) bond motifs is 3. The van der Waals surface area contributed by atoms with E-state index >= 15 is 0 Å². The number of hydrogen-bond acceptors (Lipinski definition) is 4. The molecule has 5 heteroatoms. The average Bonchev–Trinajstić information content (AvgIpc) is 2.46. The Bertz CT molecular complexity index is 723. The Morgan fingerprint density at radius 3 is 2.50 bits per heavy atom. The zero-order valence-corrected chi connectivity index (χ0v) is 11.8. The number of carbonyl (C=O) groups is 1. The highest BCUT2D eigenvalue weighted by atomic mass is 31.2. The van der Waals surface area contributed by atoms with Crippen molar-refractivity contribution < 1.29 is 18.6 Å². The molecule has 0 bridgehead atoms. The molecule has 0 N–H and O–H groups in total. The molecule has 0 radical (unpaired) electrons. The van der Waals surface area contributed by atoms with Gasteiger partial charge in [0.05, 0.1) is 5.30 Å². The van der Waals surface area contributed by atoms with Gasteiger partial charge in [0.25, 0.3) is 0 Å². The van der Waals surface area contributed by atoms with Crippen LogP contribution in [0.1, 0.15) is 6.92 Å². The van der Waals surface area contributed by atoms with E-state index in [9.17, 15) is 9.36 Å². The molecule has 1 aliphatic heterocycles. The van der Waals surface area contributed by atoms with Crippen LogP contribution >= 0.6 is 7.37 Å². The lowest BCUT2D eigenvalue weighted by Crippen LogP contribution is -2.21. The molecule has 1 aliphatic rings. The maximum atomic E-state index is 13.0. The first-order valence-electron chi connectivity index (χ1n) is 6.21. The second-order valence-electron chi connectivity index (χ2n) is 4.54. The Hall–Kier alpha value is -2.06. The summed E-state index contributed by atoms with van der Waals surface area (Å²) >= 11 is 0. The van der Waals surface area contributed by atoms with Crippen molar-refractivity contribution in [1.82, 2.24) is 0 Å². The van der Waals surface area contributed by atoms with Gasteiger partial charge < -0.3 is 9.26 Å². The normalized spacial score (nSPS) is 19.4. The lowest BCUT2D eigenvalue weighted by molar-refractivity contribution is -0.139. The standard InChI is InChI=1S/C15H13O4P/c1-11(16)18-10-20(17)15-9-5-3-7-13(15)12-6-2-4-8-14(12)19-20/h2-9H,10H2,1H3. The molecule has 1 unspecified atom stereocenters. The van der Waals surface area contributed by atoms with Crippen LogP contribution < -0.4 is 9.83 Å². The zero-order chi connectivity index (χ0) is 14.2.